The van der Waals surface area contributed by atoms with Crippen molar-refractivity contribution in [3.8, 4) is 0 Å². The normalized spacial score (nSPS) is 11.9. The molecule has 8 heteroatoms. The molecule has 21 heavy (non-hydrogen) atoms. The molecule has 3 N–H and O–H groups in total. The number of benzene rings is 1. The van der Waals surface area contributed by atoms with Crippen LogP contribution in [0.25, 0.3) is 0 Å². The van der Waals surface area contributed by atoms with Gasteiger partial charge >= 0.3 is 0 Å². The summed E-state index contributed by atoms with van der Waals surface area (Å²) in [5.74, 6) is -1.22. The summed E-state index contributed by atoms with van der Waals surface area (Å²) in [5, 5.41) is 2.61. The number of halogens is 1. The monoisotopic (exact) mass is 317 g/mol. The van der Waals surface area contributed by atoms with Crippen LogP contribution >= 0.6 is 0 Å². The van der Waals surface area contributed by atoms with Gasteiger partial charge in [-0.1, -0.05) is 6.92 Å². The average Bonchev–Trinajstić information content (AvgIpc) is 2.37. The number of nitrogens with two attached hydrogens (primary N) is 1. The first-order valence-corrected chi connectivity index (χ1v) is 7.97. The number of nitrogens with zero attached hydrogens (tertiary/aromatic N) is 1. The van der Waals surface area contributed by atoms with Crippen molar-refractivity contribution in [2.45, 2.75) is 31.7 Å². The molecule has 1 aromatic rings. The maximum Gasteiger partial charge on any atom is 0.243 e. The van der Waals surface area contributed by atoms with Gasteiger partial charge in [0.2, 0.25) is 15.9 Å². The molecule has 1 amide bonds. The molecule has 0 saturated heterocycles. The van der Waals surface area contributed by atoms with Crippen molar-refractivity contribution in [3.05, 3.63) is 24.0 Å². The van der Waals surface area contributed by atoms with Crippen molar-refractivity contribution in [3.63, 3.8) is 0 Å². The number of anilines is 1. The van der Waals surface area contributed by atoms with Crippen LogP contribution in [0.4, 0.5) is 10.1 Å². The first-order valence-electron chi connectivity index (χ1n) is 6.53. The molecular weight excluding hydrogens is 297 g/mol. The highest BCUT2D eigenvalue weighted by atomic mass is 32.2. The molecule has 0 aliphatic heterocycles. The molecule has 118 valence electrons. The summed E-state index contributed by atoms with van der Waals surface area (Å²) in [6, 6.07) is 3.17. The quantitative estimate of drug-likeness (QED) is 0.764. The van der Waals surface area contributed by atoms with E-state index in [4.69, 9.17) is 5.73 Å². The number of likely N-dealkylation sites (N-methyl/N-ethyl adjacent to an activating group) is 1. The first-order chi connectivity index (χ1) is 9.68. The van der Waals surface area contributed by atoms with Gasteiger partial charge in [-0.25, -0.2) is 12.8 Å². The van der Waals surface area contributed by atoms with E-state index < -0.39 is 21.7 Å². The van der Waals surface area contributed by atoms with Crippen LogP contribution in [0, 0.1) is 5.82 Å². The molecular formula is C13H20FN3O3S. The molecule has 0 heterocycles. The number of amides is 1. The number of rotatable bonds is 6. The van der Waals surface area contributed by atoms with Crippen molar-refractivity contribution >= 4 is 21.6 Å². The van der Waals surface area contributed by atoms with Gasteiger partial charge in [-0.15, -0.1) is 0 Å². The topological polar surface area (TPSA) is 92.5 Å². The number of nitrogen functional groups attached to an aromatic ring is 1. The smallest absolute Gasteiger partial charge is 0.243 e. The van der Waals surface area contributed by atoms with Gasteiger partial charge in [0.1, 0.15) is 5.82 Å². The van der Waals surface area contributed by atoms with Gasteiger partial charge in [0.15, 0.2) is 0 Å². The third-order valence-corrected chi connectivity index (χ3v) is 4.65. The Kier molecular flexibility index (Phi) is 5.68. The van der Waals surface area contributed by atoms with Crippen molar-refractivity contribution in [1.82, 2.24) is 9.62 Å². The van der Waals surface area contributed by atoms with Crippen LogP contribution in [-0.2, 0) is 14.8 Å². The summed E-state index contributed by atoms with van der Waals surface area (Å²) >= 11 is 0. The lowest BCUT2D eigenvalue weighted by atomic mass is 10.3. The Hall–Kier alpha value is -1.67. The Morgan fingerprint density at radius 1 is 1.43 bits per heavy atom. The summed E-state index contributed by atoms with van der Waals surface area (Å²) in [7, 11) is -3.94. The third-order valence-electron chi connectivity index (χ3n) is 2.73. The summed E-state index contributed by atoms with van der Waals surface area (Å²) < 4.78 is 39.2. The average molecular weight is 317 g/mol. The van der Waals surface area contributed by atoms with Gasteiger partial charge in [-0.2, -0.15) is 4.31 Å². The van der Waals surface area contributed by atoms with E-state index in [1.54, 1.807) is 20.8 Å². The molecule has 0 unspecified atom stereocenters. The van der Waals surface area contributed by atoms with Gasteiger partial charge in [-0.05, 0) is 32.0 Å². The van der Waals surface area contributed by atoms with Gasteiger partial charge < -0.3 is 11.1 Å². The van der Waals surface area contributed by atoms with Crippen molar-refractivity contribution in [2.24, 2.45) is 0 Å². The van der Waals surface area contributed by atoms with Gasteiger partial charge in [-0.3, -0.25) is 4.79 Å². The minimum absolute atomic E-state index is 0.0899. The molecule has 0 radical (unpaired) electrons. The molecule has 0 spiro atoms. The second-order valence-electron chi connectivity index (χ2n) is 4.84. The Labute approximate surface area is 124 Å². The van der Waals surface area contributed by atoms with Crippen LogP contribution in [0.3, 0.4) is 0 Å². The van der Waals surface area contributed by atoms with E-state index in [-0.39, 0.29) is 29.7 Å². The summed E-state index contributed by atoms with van der Waals surface area (Å²) in [6.07, 6.45) is 0. The third kappa shape index (κ3) is 4.40. The fourth-order valence-electron chi connectivity index (χ4n) is 1.71. The van der Waals surface area contributed by atoms with E-state index >= 15 is 0 Å². The van der Waals surface area contributed by atoms with Gasteiger partial charge in [0.25, 0.3) is 0 Å². The number of carbonyl (C=O) groups excluding carboxylic acids is 1. The van der Waals surface area contributed by atoms with Crippen LogP contribution in [-0.4, -0.2) is 37.8 Å². The molecule has 6 nitrogen and oxygen atoms in total. The lowest BCUT2D eigenvalue weighted by Gasteiger charge is -2.21. The largest absolute Gasteiger partial charge is 0.396 e. The highest BCUT2D eigenvalue weighted by molar-refractivity contribution is 7.89. The number of nitrogens with one attached hydrogen (secondary N) is 1. The molecule has 0 aliphatic rings. The first kappa shape index (κ1) is 17.4. The SMILES string of the molecule is CCN(CC(=O)NC(C)C)S(=O)(=O)c1ccc(N)c(F)c1. The van der Waals surface area contributed by atoms with E-state index in [1.807, 2.05) is 0 Å². The Morgan fingerprint density at radius 2 is 2.05 bits per heavy atom. The fraction of sp³-hybridized carbons (Fsp3) is 0.462. The Balaban J connectivity index is 3.02. The van der Waals surface area contributed by atoms with Crippen LogP contribution in [0.2, 0.25) is 0 Å². The van der Waals surface area contributed by atoms with Crippen molar-refractivity contribution in [1.29, 1.82) is 0 Å². The fourth-order valence-corrected chi connectivity index (χ4v) is 3.13. The predicted molar refractivity (Wildman–Crippen MR) is 78.5 cm³/mol. The van der Waals surface area contributed by atoms with E-state index in [9.17, 15) is 17.6 Å². The van der Waals surface area contributed by atoms with Gasteiger partial charge in [0.05, 0.1) is 17.1 Å². The van der Waals surface area contributed by atoms with E-state index in [0.29, 0.717) is 0 Å². The lowest BCUT2D eigenvalue weighted by molar-refractivity contribution is -0.121. The molecule has 0 aliphatic carbocycles. The zero-order valence-corrected chi connectivity index (χ0v) is 13.1. The minimum Gasteiger partial charge on any atom is -0.396 e. The summed E-state index contributed by atoms with van der Waals surface area (Å²) in [5.41, 5.74) is 5.20. The maximum atomic E-state index is 13.4. The summed E-state index contributed by atoms with van der Waals surface area (Å²) in [6.45, 7) is 4.94. The number of sulfonamides is 1. The van der Waals surface area contributed by atoms with Crippen molar-refractivity contribution in [2.75, 3.05) is 18.8 Å². The highest BCUT2D eigenvalue weighted by Crippen LogP contribution is 2.19. The van der Waals surface area contributed by atoms with E-state index in [0.717, 1.165) is 10.4 Å². The second-order valence-corrected chi connectivity index (χ2v) is 6.77. The van der Waals surface area contributed by atoms with E-state index in [2.05, 4.69) is 5.32 Å². The van der Waals surface area contributed by atoms with E-state index in [1.165, 1.54) is 12.1 Å². The minimum atomic E-state index is -3.94. The predicted octanol–water partition coefficient (Wildman–Crippen LogP) is 0.943. The zero-order valence-electron chi connectivity index (χ0n) is 12.3. The van der Waals surface area contributed by atoms with Crippen LogP contribution in [0.15, 0.2) is 23.1 Å². The Morgan fingerprint density at radius 3 is 2.52 bits per heavy atom. The standard InChI is InChI=1S/C13H20FN3O3S/c1-4-17(8-13(18)16-9(2)3)21(19,20)10-5-6-12(15)11(14)7-10/h5-7,9H,4,8,15H2,1-3H3,(H,16,18). The van der Waals surface area contributed by atoms with Crippen LogP contribution in [0.5, 0.6) is 0 Å². The van der Waals surface area contributed by atoms with Crippen LogP contribution in [0.1, 0.15) is 20.8 Å². The van der Waals surface area contributed by atoms with Crippen LogP contribution < -0.4 is 11.1 Å². The number of carbonyl (C=O) groups is 1. The second kappa shape index (κ2) is 6.86. The zero-order chi connectivity index (χ0) is 16.2. The molecule has 0 bridgehead atoms. The van der Waals surface area contributed by atoms with Gasteiger partial charge in [0, 0.05) is 12.6 Å². The number of hydrogen-bond donors (Lipinski definition) is 2. The molecule has 0 aromatic heterocycles. The molecule has 0 atom stereocenters. The Bertz CT molecular complexity index is 617. The maximum absolute atomic E-state index is 13.4. The molecule has 1 aromatic carbocycles. The van der Waals surface area contributed by atoms with Crippen molar-refractivity contribution < 1.29 is 17.6 Å². The highest BCUT2D eigenvalue weighted by Gasteiger charge is 2.26. The lowest BCUT2D eigenvalue weighted by Crippen LogP contribution is -2.42. The summed E-state index contributed by atoms with van der Waals surface area (Å²) in [4.78, 5) is 11.5. The molecule has 1 rings (SSSR count). The molecule has 0 saturated carbocycles. The number of hydrogen-bond acceptors (Lipinski definition) is 4. The molecule has 0 fully saturated rings.